The Bertz CT molecular complexity index is 1460. The molecular weight excluding hydrogens is 498 g/mol. The highest BCUT2D eigenvalue weighted by Gasteiger charge is 2.23. The van der Waals surface area contributed by atoms with Crippen LogP contribution in [0.4, 0.5) is 17.1 Å². The highest BCUT2D eigenvalue weighted by molar-refractivity contribution is 6.08. The van der Waals surface area contributed by atoms with Crippen LogP contribution >= 0.6 is 0 Å². The van der Waals surface area contributed by atoms with Gasteiger partial charge >= 0.3 is 0 Å². The van der Waals surface area contributed by atoms with Crippen LogP contribution in [0.3, 0.4) is 0 Å². The summed E-state index contributed by atoms with van der Waals surface area (Å²) in [4.78, 5) is 51.9. The first-order valence-corrected chi connectivity index (χ1v) is 12.3. The molecule has 0 saturated carbocycles. The number of primary amides is 1. The van der Waals surface area contributed by atoms with Crippen LogP contribution in [-0.2, 0) is 16.2 Å². The van der Waals surface area contributed by atoms with Crippen LogP contribution < -0.4 is 22.5 Å². The molecule has 0 fully saturated rings. The first-order chi connectivity index (χ1) is 18.7. The number of nitrogen functional groups attached to an aromatic ring is 1. The third-order valence-corrected chi connectivity index (χ3v) is 5.83. The van der Waals surface area contributed by atoms with Gasteiger partial charge in [-0.05, 0) is 48.4 Å². The molecule has 0 radical (unpaired) electrons. The number of carbonyl (C=O) groups is 3. The Morgan fingerprint density at radius 2 is 1.79 bits per heavy atom. The smallest absolute Gasteiger partial charge is 0.273 e. The maximum absolute atomic E-state index is 13.4. The number of pyridine rings is 1. The zero-order valence-corrected chi connectivity index (χ0v) is 21.4. The standard InChI is InChI=1S/C28H29N7O4/c1-2-9-35(39-16-17-3-7-22(29)8-4-17)28(38)20-10-18-5-6-19(12-24(18)34-25(30)13-20)27(37)33-23-11-21(26(31)36)14-32-15-23/h3-8,10-12,14-15H,2,9,13,16,29H2,1H3,(H2,30,34)(H2,31,36)(H,33,37). The lowest BCUT2D eigenvalue weighted by molar-refractivity contribution is -0.187. The fraction of sp³-hybridized carbons (Fsp3) is 0.179. The van der Waals surface area contributed by atoms with E-state index in [0.29, 0.717) is 46.7 Å². The van der Waals surface area contributed by atoms with Crippen molar-refractivity contribution in [2.24, 2.45) is 16.5 Å². The zero-order chi connectivity index (χ0) is 27.9. The first kappa shape index (κ1) is 27.0. The van der Waals surface area contributed by atoms with Gasteiger partial charge < -0.3 is 22.5 Å². The van der Waals surface area contributed by atoms with E-state index in [4.69, 9.17) is 22.0 Å². The molecule has 1 aliphatic heterocycles. The topological polar surface area (TPSA) is 179 Å². The summed E-state index contributed by atoms with van der Waals surface area (Å²) in [6, 6.07) is 13.5. The van der Waals surface area contributed by atoms with Crippen LogP contribution in [0.25, 0.3) is 6.08 Å². The van der Waals surface area contributed by atoms with Gasteiger partial charge in [0.25, 0.3) is 11.8 Å². The van der Waals surface area contributed by atoms with Gasteiger partial charge in [-0.3, -0.25) is 24.2 Å². The molecule has 1 aliphatic rings. The van der Waals surface area contributed by atoms with Crippen LogP contribution in [0.1, 0.15) is 51.6 Å². The van der Waals surface area contributed by atoms with Gasteiger partial charge in [0.15, 0.2) is 0 Å². The molecule has 0 spiro atoms. The van der Waals surface area contributed by atoms with Crippen molar-refractivity contribution >= 4 is 46.7 Å². The minimum atomic E-state index is -0.654. The number of hydrogen-bond donors (Lipinski definition) is 4. The lowest BCUT2D eigenvalue weighted by Gasteiger charge is -2.22. The number of amides is 3. The number of nitrogens with two attached hydrogens (primary N) is 3. The lowest BCUT2D eigenvalue weighted by Crippen LogP contribution is -2.34. The number of hydroxylamine groups is 2. The summed E-state index contributed by atoms with van der Waals surface area (Å²) in [6.45, 7) is 2.54. The summed E-state index contributed by atoms with van der Waals surface area (Å²) in [5.41, 5.74) is 21.0. The van der Waals surface area contributed by atoms with Gasteiger partial charge in [-0.15, -0.1) is 0 Å². The van der Waals surface area contributed by atoms with Gasteiger partial charge in [0.1, 0.15) is 12.4 Å². The fourth-order valence-corrected chi connectivity index (χ4v) is 3.87. The summed E-state index contributed by atoms with van der Waals surface area (Å²) in [5, 5.41) is 4.01. The van der Waals surface area contributed by atoms with E-state index in [9.17, 15) is 14.4 Å². The Kier molecular flexibility index (Phi) is 8.32. The van der Waals surface area contributed by atoms with Crippen molar-refractivity contribution in [2.75, 3.05) is 17.6 Å². The monoisotopic (exact) mass is 527 g/mol. The highest BCUT2D eigenvalue weighted by Crippen LogP contribution is 2.29. The van der Waals surface area contributed by atoms with Crippen molar-refractivity contribution in [3.8, 4) is 0 Å². The zero-order valence-electron chi connectivity index (χ0n) is 21.4. The highest BCUT2D eigenvalue weighted by atomic mass is 16.7. The third kappa shape index (κ3) is 6.84. The average Bonchev–Trinajstić information content (AvgIpc) is 3.09. The molecule has 2 heterocycles. The van der Waals surface area contributed by atoms with Crippen LogP contribution in [-0.4, -0.2) is 40.1 Å². The Morgan fingerprint density at radius 3 is 2.51 bits per heavy atom. The molecule has 3 aromatic rings. The van der Waals surface area contributed by atoms with Gasteiger partial charge in [0, 0.05) is 41.5 Å². The fourth-order valence-electron chi connectivity index (χ4n) is 3.87. The molecular formula is C28H29N7O4. The van der Waals surface area contributed by atoms with Crippen molar-refractivity contribution in [2.45, 2.75) is 26.4 Å². The molecule has 0 saturated heterocycles. The molecule has 0 atom stereocenters. The van der Waals surface area contributed by atoms with E-state index in [1.54, 1.807) is 36.4 Å². The van der Waals surface area contributed by atoms with E-state index < -0.39 is 11.8 Å². The number of aromatic nitrogens is 1. The Balaban J connectivity index is 1.53. The van der Waals surface area contributed by atoms with E-state index in [1.165, 1.54) is 23.5 Å². The van der Waals surface area contributed by atoms with Crippen LogP contribution in [0.5, 0.6) is 0 Å². The van der Waals surface area contributed by atoms with Gasteiger partial charge in [-0.2, -0.15) is 0 Å². The summed E-state index contributed by atoms with van der Waals surface area (Å²) < 4.78 is 0. The van der Waals surface area contributed by atoms with E-state index in [-0.39, 0.29) is 30.3 Å². The van der Waals surface area contributed by atoms with Gasteiger partial charge in [0.2, 0.25) is 5.91 Å². The number of anilines is 2. The second-order valence-corrected chi connectivity index (χ2v) is 8.93. The Labute approximate surface area is 225 Å². The van der Waals surface area contributed by atoms with Gasteiger partial charge in [-0.25, -0.2) is 10.1 Å². The van der Waals surface area contributed by atoms with Crippen molar-refractivity contribution in [3.05, 3.63) is 88.8 Å². The molecule has 7 N–H and O–H groups in total. The number of nitrogens with one attached hydrogen (secondary N) is 1. The SMILES string of the molecule is CCCN(OCc1ccc(N)cc1)C(=O)C1=Cc2ccc(C(=O)Nc3cncc(C(N)=O)c3)cc2N=C(N)C1. The number of benzene rings is 2. The van der Waals surface area contributed by atoms with E-state index in [2.05, 4.69) is 15.3 Å². The number of nitrogens with zero attached hydrogens (tertiary/aromatic N) is 3. The molecule has 3 amide bonds. The molecule has 1 aromatic heterocycles. The van der Waals surface area contributed by atoms with E-state index >= 15 is 0 Å². The number of carbonyl (C=O) groups excluding carboxylic acids is 3. The maximum Gasteiger partial charge on any atom is 0.273 e. The molecule has 0 aliphatic carbocycles. The average molecular weight is 528 g/mol. The van der Waals surface area contributed by atoms with Gasteiger partial charge in [0.05, 0.1) is 23.1 Å². The molecule has 0 bridgehead atoms. The minimum absolute atomic E-state index is 0.117. The van der Waals surface area contributed by atoms with Crippen molar-refractivity contribution in [3.63, 3.8) is 0 Å². The summed E-state index contributed by atoms with van der Waals surface area (Å²) >= 11 is 0. The number of amidine groups is 1. The largest absolute Gasteiger partial charge is 0.399 e. The third-order valence-electron chi connectivity index (χ3n) is 5.83. The number of rotatable bonds is 9. The minimum Gasteiger partial charge on any atom is -0.399 e. The van der Waals surface area contributed by atoms with Crippen LogP contribution in [0.2, 0.25) is 0 Å². The summed E-state index contributed by atoms with van der Waals surface area (Å²) in [5.74, 6) is -1.19. The Hall–Kier alpha value is -5.03. The number of hydrogen-bond acceptors (Lipinski definition) is 8. The number of aliphatic imine (C=N–C) groups is 1. The molecule has 200 valence electrons. The van der Waals surface area contributed by atoms with Crippen LogP contribution in [0.15, 0.2) is 71.5 Å². The molecule has 2 aromatic carbocycles. The second kappa shape index (κ2) is 12.0. The lowest BCUT2D eigenvalue weighted by atomic mass is 10.0. The molecule has 0 unspecified atom stereocenters. The van der Waals surface area contributed by atoms with E-state index in [0.717, 1.165) is 5.56 Å². The summed E-state index contributed by atoms with van der Waals surface area (Å²) in [7, 11) is 0. The Morgan fingerprint density at radius 1 is 1.03 bits per heavy atom. The van der Waals surface area contributed by atoms with Crippen molar-refractivity contribution in [1.29, 1.82) is 0 Å². The van der Waals surface area contributed by atoms with Crippen LogP contribution in [0, 0.1) is 0 Å². The summed E-state index contributed by atoms with van der Waals surface area (Å²) in [6.07, 6.45) is 5.23. The van der Waals surface area contributed by atoms with E-state index in [1.807, 2.05) is 19.1 Å². The van der Waals surface area contributed by atoms with Gasteiger partial charge in [-0.1, -0.05) is 25.1 Å². The number of fused-ring (bicyclic) bond motifs is 1. The molecule has 11 nitrogen and oxygen atoms in total. The molecule has 39 heavy (non-hydrogen) atoms. The molecule has 11 heteroatoms. The predicted molar refractivity (Wildman–Crippen MR) is 149 cm³/mol. The normalized spacial score (nSPS) is 12.4. The second-order valence-electron chi connectivity index (χ2n) is 8.93. The van der Waals surface area contributed by atoms with Crippen molar-refractivity contribution in [1.82, 2.24) is 10.0 Å². The predicted octanol–water partition coefficient (Wildman–Crippen LogP) is 3.16. The van der Waals surface area contributed by atoms with Crippen molar-refractivity contribution < 1.29 is 19.2 Å². The molecule has 4 rings (SSSR count). The quantitative estimate of drug-likeness (QED) is 0.244. The maximum atomic E-state index is 13.4. The first-order valence-electron chi connectivity index (χ1n) is 12.3.